The average molecular weight is 278 g/mol. The fourth-order valence-corrected chi connectivity index (χ4v) is 2.63. The van der Waals surface area contributed by atoms with Gasteiger partial charge in [-0.25, -0.2) is 4.68 Å². The Morgan fingerprint density at radius 3 is 2.86 bits per heavy atom. The number of nitrogens with zero attached hydrogens (tertiary/aromatic N) is 3. The third kappa shape index (κ3) is 2.29. The maximum Gasteiger partial charge on any atom is 0.113 e. The van der Waals surface area contributed by atoms with Gasteiger partial charge in [-0.05, 0) is 31.0 Å². The lowest BCUT2D eigenvalue weighted by Gasteiger charge is -2.19. The molecule has 2 N–H and O–H groups in total. The van der Waals surface area contributed by atoms with Crippen LogP contribution in [-0.4, -0.2) is 15.0 Å². The minimum absolute atomic E-state index is 0.00907. The summed E-state index contributed by atoms with van der Waals surface area (Å²) >= 11 is 0. The number of rotatable bonds is 4. The fourth-order valence-electron chi connectivity index (χ4n) is 2.63. The van der Waals surface area contributed by atoms with E-state index in [1.807, 2.05) is 60.1 Å². The molecule has 0 spiro atoms. The van der Waals surface area contributed by atoms with Crippen LogP contribution in [-0.2, 0) is 0 Å². The van der Waals surface area contributed by atoms with Gasteiger partial charge in [-0.2, -0.15) is 0 Å². The number of hydrogen-bond donors (Lipinski definition) is 1. The minimum atomic E-state index is 0.00907. The van der Waals surface area contributed by atoms with Crippen LogP contribution < -0.4 is 5.73 Å². The molecule has 0 saturated heterocycles. The normalized spacial score (nSPS) is 12.4. The Labute approximate surface area is 123 Å². The second-order valence-electron chi connectivity index (χ2n) is 5.14. The van der Waals surface area contributed by atoms with Crippen LogP contribution in [0.15, 0.2) is 55.1 Å². The van der Waals surface area contributed by atoms with Gasteiger partial charge in [0.1, 0.15) is 5.52 Å². The summed E-state index contributed by atoms with van der Waals surface area (Å²) in [6, 6.07) is 14.0. The van der Waals surface area contributed by atoms with E-state index in [-0.39, 0.29) is 6.04 Å². The number of allylic oxidation sites excluding steroid dienone is 1. The summed E-state index contributed by atoms with van der Waals surface area (Å²) < 4.78 is 1.93. The molecule has 0 amide bonds. The quantitative estimate of drug-likeness (QED) is 0.587. The zero-order valence-electron chi connectivity index (χ0n) is 12.0. The summed E-state index contributed by atoms with van der Waals surface area (Å²) in [5, 5.41) is 8.56. The molecule has 0 saturated carbocycles. The van der Waals surface area contributed by atoms with Gasteiger partial charge >= 0.3 is 0 Å². The van der Waals surface area contributed by atoms with Gasteiger partial charge < -0.3 is 5.73 Å². The third-order valence-corrected chi connectivity index (χ3v) is 3.78. The van der Waals surface area contributed by atoms with Crippen molar-refractivity contribution in [1.82, 2.24) is 15.0 Å². The summed E-state index contributed by atoms with van der Waals surface area (Å²) in [5.74, 6) is 0. The largest absolute Gasteiger partial charge is 0.398 e. The van der Waals surface area contributed by atoms with E-state index in [9.17, 15) is 0 Å². The van der Waals surface area contributed by atoms with Crippen molar-refractivity contribution in [1.29, 1.82) is 0 Å². The molecule has 21 heavy (non-hydrogen) atoms. The van der Waals surface area contributed by atoms with Crippen molar-refractivity contribution in [3.05, 3.63) is 66.2 Å². The molecule has 3 aromatic rings. The molecule has 4 nitrogen and oxygen atoms in total. The van der Waals surface area contributed by atoms with E-state index < -0.39 is 0 Å². The van der Waals surface area contributed by atoms with Crippen molar-refractivity contribution in [2.45, 2.75) is 19.4 Å². The zero-order valence-corrected chi connectivity index (χ0v) is 12.0. The fraction of sp³-hybridized carbons (Fsp3) is 0.176. The van der Waals surface area contributed by atoms with E-state index in [1.165, 1.54) is 0 Å². The van der Waals surface area contributed by atoms with Crippen molar-refractivity contribution >= 4 is 16.7 Å². The zero-order chi connectivity index (χ0) is 14.8. The molecular formula is C17H18N4. The Kier molecular flexibility index (Phi) is 3.44. The lowest BCUT2D eigenvalue weighted by Crippen LogP contribution is -2.14. The second kappa shape index (κ2) is 5.40. The van der Waals surface area contributed by atoms with Crippen LogP contribution >= 0.6 is 0 Å². The number of benzene rings is 2. The Balaban J connectivity index is 2.18. The SMILES string of the molecule is C=CCC(c1cccc(C)c1N)n1nnc2ccccc21. The Morgan fingerprint density at radius 2 is 2.05 bits per heavy atom. The predicted molar refractivity (Wildman–Crippen MR) is 86.1 cm³/mol. The van der Waals surface area contributed by atoms with Crippen molar-refractivity contribution in [2.24, 2.45) is 0 Å². The number of fused-ring (bicyclic) bond motifs is 1. The number of nitrogen functional groups attached to an aromatic ring is 1. The van der Waals surface area contributed by atoms with Crippen LogP contribution in [0.4, 0.5) is 5.69 Å². The molecule has 0 fully saturated rings. The van der Waals surface area contributed by atoms with Gasteiger partial charge in [0.2, 0.25) is 0 Å². The van der Waals surface area contributed by atoms with Crippen LogP contribution in [0.25, 0.3) is 11.0 Å². The van der Waals surface area contributed by atoms with E-state index in [2.05, 4.69) is 16.9 Å². The van der Waals surface area contributed by atoms with Gasteiger partial charge in [-0.3, -0.25) is 0 Å². The number of nitrogens with two attached hydrogens (primary N) is 1. The monoisotopic (exact) mass is 278 g/mol. The number of hydrogen-bond acceptors (Lipinski definition) is 3. The highest BCUT2D eigenvalue weighted by Gasteiger charge is 2.19. The topological polar surface area (TPSA) is 56.7 Å². The summed E-state index contributed by atoms with van der Waals surface area (Å²) in [4.78, 5) is 0. The van der Waals surface area contributed by atoms with Gasteiger partial charge in [-0.15, -0.1) is 11.7 Å². The first-order chi connectivity index (χ1) is 10.2. The number of aromatic nitrogens is 3. The lowest BCUT2D eigenvalue weighted by atomic mass is 9.99. The van der Waals surface area contributed by atoms with Gasteiger partial charge in [0, 0.05) is 11.3 Å². The van der Waals surface area contributed by atoms with Gasteiger partial charge in [0.15, 0.2) is 0 Å². The van der Waals surface area contributed by atoms with Crippen LogP contribution in [0.1, 0.15) is 23.6 Å². The first-order valence-electron chi connectivity index (χ1n) is 6.98. The molecule has 1 aromatic heterocycles. The summed E-state index contributed by atoms with van der Waals surface area (Å²) in [5.41, 5.74) is 11.1. The number of anilines is 1. The van der Waals surface area contributed by atoms with Crippen molar-refractivity contribution < 1.29 is 0 Å². The Bertz CT molecular complexity index is 788. The molecular weight excluding hydrogens is 260 g/mol. The highest BCUT2D eigenvalue weighted by Crippen LogP contribution is 2.30. The van der Waals surface area contributed by atoms with Crippen LogP contribution in [0.2, 0.25) is 0 Å². The molecule has 2 aromatic carbocycles. The Hall–Kier alpha value is -2.62. The van der Waals surface area contributed by atoms with Gasteiger partial charge in [0.05, 0.1) is 11.6 Å². The maximum atomic E-state index is 6.27. The molecule has 1 unspecified atom stereocenters. The van der Waals surface area contributed by atoms with Crippen LogP contribution in [0.3, 0.4) is 0 Å². The van der Waals surface area contributed by atoms with E-state index in [1.54, 1.807) is 0 Å². The lowest BCUT2D eigenvalue weighted by molar-refractivity contribution is 0.527. The smallest absolute Gasteiger partial charge is 0.113 e. The number of aryl methyl sites for hydroxylation is 1. The molecule has 4 heteroatoms. The van der Waals surface area contributed by atoms with Crippen LogP contribution in [0.5, 0.6) is 0 Å². The second-order valence-corrected chi connectivity index (χ2v) is 5.14. The standard InChI is InChI=1S/C17H18N4/c1-3-7-15(13-9-6-8-12(2)17(13)18)21-16-11-5-4-10-14(16)19-20-21/h3-6,8-11,15H,1,7,18H2,2H3. The van der Waals surface area contributed by atoms with E-state index >= 15 is 0 Å². The van der Waals surface area contributed by atoms with Gasteiger partial charge in [-0.1, -0.05) is 41.6 Å². The van der Waals surface area contributed by atoms with Crippen molar-refractivity contribution in [3.63, 3.8) is 0 Å². The molecule has 0 aliphatic rings. The van der Waals surface area contributed by atoms with Crippen LogP contribution in [0, 0.1) is 6.92 Å². The Morgan fingerprint density at radius 1 is 1.24 bits per heavy atom. The summed E-state index contributed by atoms with van der Waals surface area (Å²) in [6.45, 7) is 5.88. The van der Waals surface area contributed by atoms with E-state index in [0.29, 0.717) is 0 Å². The van der Waals surface area contributed by atoms with E-state index in [4.69, 9.17) is 5.73 Å². The molecule has 0 radical (unpaired) electrons. The molecule has 0 aliphatic heterocycles. The van der Waals surface area contributed by atoms with Crippen molar-refractivity contribution in [3.8, 4) is 0 Å². The molecule has 0 bridgehead atoms. The predicted octanol–water partition coefficient (Wildman–Crippen LogP) is 3.49. The highest BCUT2D eigenvalue weighted by molar-refractivity contribution is 5.74. The molecule has 1 heterocycles. The van der Waals surface area contributed by atoms with Crippen molar-refractivity contribution in [2.75, 3.05) is 5.73 Å². The summed E-state index contributed by atoms with van der Waals surface area (Å²) in [6.07, 6.45) is 2.64. The molecule has 1 atom stereocenters. The number of para-hydroxylation sites is 2. The molecule has 3 rings (SSSR count). The first-order valence-corrected chi connectivity index (χ1v) is 6.98. The maximum absolute atomic E-state index is 6.27. The average Bonchev–Trinajstić information content (AvgIpc) is 2.92. The molecule has 106 valence electrons. The van der Waals surface area contributed by atoms with Gasteiger partial charge in [0.25, 0.3) is 0 Å². The first kappa shape index (κ1) is 13.4. The highest BCUT2D eigenvalue weighted by atomic mass is 15.4. The minimum Gasteiger partial charge on any atom is -0.398 e. The third-order valence-electron chi connectivity index (χ3n) is 3.78. The summed E-state index contributed by atoms with van der Waals surface area (Å²) in [7, 11) is 0. The van der Waals surface area contributed by atoms with E-state index in [0.717, 1.165) is 34.3 Å². The molecule has 0 aliphatic carbocycles.